The normalized spacial score (nSPS) is 16.3. The van der Waals surface area contributed by atoms with Crippen LogP contribution in [0.5, 0.6) is 0 Å². The number of hydrogen-bond donors (Lipinski definition) is 3. The molecule has 1 saturated carbocycles. The Kier molecular flexibility index (Phi) is 7.15. The van der Waals surface area contributed by atoms with Gasteiger partial charge in [0.1, 0.15) is 12.1 Å². The van der Waals surface area contributed by atoms with Crippen molar-refractivity contribution in [2.45, 2.75) is 63.8 Å². The molecule has 0 spiro atoms. The molecule has 0 aliphatic heterocycles. The van der Waals surface area contributed by atoms with Gasteiger partial charge in [-0.3, -0.25) is 4.79 Å². The van der Waals surface area contributed by atoms with E-state index in [2.05, 4.69) is 34.9 Å². The summed E-state index contributed by atoms with van der Waals surface area (Å²) in [6.07, 6.45) is 2.75. The van der Waals surface area contributed by atoms with E-state index in [1.54, 1.807) is 0 Å². The molecule has 4 rings (SSSR count). The summed E-state index contributed by atoms with van der Waals surface area (Å²) in [5.74, 6) is -1.36. The van der Waals surface area contributed by atoms with Gasteiger partial charge < -0.3 is 20.5 Å². The minimum Gasteiger partial charge on any atom is -0.480 e. The van der Waals surface area contributed by atoms with Crippen LogP contribution in [0.15, 0.2) is 48.5 Å². The van der Waals surface area contributed by atoms with Crippen molar-refractivity contribution in [1.29, 1.82) is 0 Å². The molecule has 0 heterocycles. The van der Waals surface area contributed by atoms with Gasteiger partial charge in [-0.2, -0.15) is 0 Å². The third kappa shape index (κ3) is 4.64. The monoisotopic (exact) mass is 478 g/mol. The molecule has 2 amide bonds. The second kappa shape index (κ2) is 10.1. The molecule has 186 valence electrons. The molecule has 3 N–H and O–H groups in total. The van der Waals surface area contributed by atoms with E-state index in [1.165, 1.54) is 0 Å². The molecule has 0 unspecified atom stereocenters. The zero-order chi connectivity index (χ0) is 25.1. The largest absolute Gasteiger partial charge is 0.480 e. The van der Waals surface area contributed by atoms with E-state index in [1.807, 2.05) is 38.1 Å². The van der Waals surface area contributed by atoms with Crippen LogP contribution in [-0.4, -0.2) is 41.8 Å². The molecule has 7 nitrogen and oxygen atoms in total. The number of aliphatic carboxylic acids is 1. The predicted octanol–water partition coefficient (Wildman–Crippen LogP) is 4.85. The van der Waals surface area contributed by atoms with Crippen LogP contribution in [0, 0.1) is 5.41 Å². The molecule has 1 fully saturated rings. The van der Waals surface area contributed by atoms with E-state index in [0.29, 0.717) is 25.7 Å². The van der Waals surface area contributed by atoms with Crippen LogP contribution >= 0.6 is 0 Å². The van der Waals surface area contributed by atoms with Crippen molar-refractivity contribution < 1.29 is 24.2 Å². The average Bonchev–Trinajstić information content (AvgIpc) is 3.47. The smallest absolute Gasteiger partial charge is 0.407 e. The first-order valence-corrected chi connectivity index (χ1v) is 12.5. The number of amides is 2. The van der Waals surface area contributed by atoms with Gasteiger partial charge in [0.2, 0.25) is 5.91 Å². The highest BCUT2D eigenvalue weighted by Gasteiger charge is 2.46. The van der Waals surface area contributed by atoms with E-state index in [-0.39, 0.29) is 25.0 Å². The fourth-order valence-corrected chi connectivity index (χ4v) is 5.51. The SMILES string of the molecule is CCC(CC)(CNC(=O)OCC1c2ccccc2-c2ccccc21)C(=O)NC1(C(=O)O)CCCC1. The second-order valence-electron chi connectivity index (χ2n) is 9.72. The van der Waals surface area contributed by atoms with Crippen LogP contribution in [0.1, 0.15) is 69.4 Å². The van der Waals surface area contributed by atoms with E-state index in [0.717, 1.165) is 35.1 Å². The Balaban J connectivity index is 1.40. The van der Waals surface area contributed by atoms with Crippen LogP contribution in [0.25, 0.3) is 11.1 Å². The molecular weight excluding hydrogens is 444 g/mol. The lowest BCUT2D eigenvalue weighted by Crippen LogP contribution is -2.58. The maximum absolute atomic E-state index is 13.3. The fraction of sp³-hybridized carbons (Fsp3) is 0.464. The number of carboxylic acid groups (broad SMARTS) is 1. The van der Waals surface area contributed by atoms with Gasteiger partial charge in [0.15, 0.2) is 0 Å². The number of alkyl carbamates (subject to hydrolysis) is 1. The maximum Gasteiger partial charge on any atom is 0.407 e. The summed E-state index contributed by atoms with van der Waals surface area (Å²) >= 11 is 0. The molecule has 2 aliphatic carbocycles. The van der Waals surface area contributed by atoms with Crippen molar-refractivity contribution in [3.63, 3.8) is 0 Å². The molecule has 0 bridgehead atoms. The number of fused-ring (bicyclic) bond motifs is 3. The standard InChI is InChI=1S/C28H34N2O5/c1-3-27(4-2,24(31)30-28(25(32)33)15-9-10-16-28)18-29-26(34)35-17-23-21-13-7-5-11-19(21)20-12-6-8-14-22(20)23/h5-8,11-14,23H,3-4,9-10,15-18H2,1-2H3,(H,29,34)(H,30,31)(H,32,33). The van der Waals surface area contributed by atoms with Crippen molar-refractivity contribution >= 4 is 18.0 Å². The average molecular weight is 479 g/mol. The van der Waals surface area contributed by atoms with E-state index in [4.69, 9.17) is 4.74 Å². The molecule has 7 heteroatoms. The summed E-state index contributed by atoms with van der Waals surface area (Å²) in [4.78, 5) is 37.9. The summed E-state index contributed by atoms with van der Waals surface area (Å²) < 4.78 is 5.62. The highest BCUT2D eigenvalue weighted by Crippen LogP contribution is 2.44. The lowest BCUT2D eigenvalue weighted by Gasteiger charge is -2.35. The maximum atomic E-state index is 13.3. The number of ether oxygens (including phenoxy) is 1. The molecule has 2 aromatic rings. The van der Waals surface area contributed by atoms with Crippen LogP contribution in [0.3, 0.4) is 0 Å². The summed E-state index contributed by atoms with van der Waals surface area (Å²) in [5.41, 5.74) is 2.46. The Morgan fingerprint density at radius 1 is 0.971 bits per heavy atom. The third-order valence-corrected chi connectivity index (χ3v) is 7.97. The molecule has 35 heavy (non-hydrogen) atoms. The predicted molar refractivity (Wildman–Crippen MR) is 133 cm³/mol. The van der Waals surface area contributed by atoms with Crippen molar-refractivity contribution in [1.82, 2.24) is 10.6 Å². The highest BCUT2D eigenvalue weighted by molar-refractivity contribution is 5.90. The molecule has 0 radical (unpaired) electrons. The number of nitrogens with one attached hydrogen (secondary N) is 2. The summed E-state index contributed by atoms with van der Waals surface area (Å²) in [6, 6.07) is 16.3. The summed E-state index contributed by atoms with van der Waals surface area (Å²) in [7, 11) is 0. The van der Waals surface area contributed by atoms with Crippen LogP contribution < -0.4 is 10.6 Å². The van der Waals surface area contributed by atoms with Crippen molar-refractivity contribution in [2.24, 2.45) is 5.41 Å². The van der Waals surface area contributed by atoms with Crippen LogP contribution in [0.4, 0.5) is 4.79 Å². The number of carbonyl (C=O) groups is 3. The first-order valence-electron chi connectivity index (χ1n) is 12.5. The quantitative estimate of drug-likeness (QED) is 0.478. The molecule has 0 saturated heterocycles. The fourth-order valence-electron chi connectivity index (χ4n) is 5.51. The van der Waals surface area contributed by atoms with Gasteiger partial charge in [-0.05, 0) is 47.9 Å². The molecular formula is C28H34N2O5. The Morgan fingerprint density at radius 3 is 2.03 bits per heavy atom. The van der Waals surface area contributed by atoms with Crippen LogP contribution in [-0.2, 0) is 14.3 Å². The number of hydrogen-bond acceptors (Lipinski definition) is 4. The number of benzene rings is 2. The lowest BCUT2D eigenvalue weighted by atomic mass is 9.80. The third-order valence-electron chi connectivity index (χ3n) is 7.97. The lowest BCUT2D eigenvalue weighted by molar-refractivity contribution is -0.149. The van der Waals surface area contributed by atoms with Gasteiger partial charge in [-0.1, -0.05) is 75.2 Å². The Bertz CT molecular complexity index is 1060. The van der Waals surface area contributed by atoms with E-state index < -0.39 is 23.0 Å². The minimum absolute atomic E-state index is 0.0450. The number of carbonyl (C=O) groups excluding carboxylic acids is 2. The Morgan fingerprint density at radius 2 is 1.51 bits per heavy atom. The molecule has 0 aromatic heterocycles. The van der Waals surface area contributed by atoms with Gasteiger partial charge in [0, 0.05) is 12.5 Å². The van der Waals surface area contributed by atoms with Gasteiger partial charge in [-0.25, -0.2) is 9.59 Å². The van der Waals surface area contributed by atoms with Gasteiger partial charge in [0.25, 0.3) is 0 Å². The topological polar surface area (TPSA) is 105 Å². The minimum atomic E-state index is -1.21. The number of rotatable bonds is 9. The Hall–Kier alpha value is -3.35. The first kappa shape index (κ1) is 24.8. The zero-order valence-electron chi connectivity index (χ0n) is 20.4. The summed E-state index contributed by atoms with van der Waals surface area (Å²) in [5, 5.41) is 15.4. The summed E-state index contributed by atoms with van der Waals surface area (Å²) in [6.45, 7) is 4.03. The van der Waals surface area contributed by atoms with Gasteiger partial charge in [0.05, 0.1) is 5.41 Å². The zero-order valence-corrected chi connectivity index (χ0v) is 20.4. The van der Waals surface area contributed by atoms with Crippen molar-refractivity contribution in [3.8, 4) is 11.1 Å². The second-order valence-corrected chi connectivity index (χ2v) is 9.72. The first-order chi connectivity index (χ1) is 16.9. The highest BCUT2D eigenvalue weighted by atomic mass is 16.5. The van der Waals surface area contributed by atoms with E-state index in [9.17, 15) is 19.5 Å². The van der Waals surface area contributed by atoms with Crippen molar-refractivity contribution in [3.05, 3.63) is 59.7 Å². The number of carboxylic acids is 1. The van der Waals surface area contributed by atoms with Crippen molar-refractivity contribution in [2.75, 3.05) is 13.2 Å². The Labute approximate surface area is 206 Å². The molecule has 2 aromatic carbocycles. The van der Waals surface area contributed by atoms with Gasteiger partial charge in [-0.15, -0.1) is 0 Å². The molecule has 2 aliphatic rings. The van der Waals surface area contributed by atoms with E-state index >= 15 is 0 Å². The van der Waals surface area contributed by atoms with Gasteiger partial charge >= 0.3 is 12.1 Å². The molecule has 0 atom stereocenters. The van der Waals surface area contributed by atoms with Crippen LogP contribution in [0.2, 0.25) is 0 Å².